The monoisotopic (exact) mass is 275 g/mol. The first-order valence-corrected chi connectivity index (χ1v) is 6.92. The smallest absolute Gasteiger partial charge is 0.269 e. The number of nitrogens with zero attached hydrogens (tertiary/aromatic N) is 1. The van der Waals surface area contributed by atoms with E-state index in [0.29, 0.717) is 18.1 Å². The van der Waals surface area contributed by atoms with Gasteiger partial charge in [-0.1, -0.05) is 26.0 Å². The van der Waals surface area contributed by atoms with Crippen molar-refractivity contribution in [1.29, 1.82) is 0 Å². The number of nitrogens with two attached hydrogens (primary N) is 1. The van der Waals surface area contributed by atoms with Gasteiger partial charge in [0, 0.05) is 16.8 Å². The van der Waals surface area contributed by atoms with Crippen molar-refractivity contribution in [3.63, 3.8) is 0 Å². The van der Waals surface area contributed by atoms with Gasteiger partial charge in [-0.15, -0.1) is 11.3 Å². The van der Waals surface area contributed by atoms with Crippen LogP contribution in [0.25, 0.3) is 0 Å². The number of rotatable bonds is 4. The highest BCUT2D eigenvalue weighted by molar-refractivity contribution is 7.10. The summed E-state index contributed by atoms with van der Waals surface area (Å²) in [6.07, 6.45) is 0. The van der Waals surface area contributed by atoms with Gasteiger partial charge in [0.2, 0.25) is 0 Å². The SMILES string of the molecule is CC(C)(CNC(=O)c1cccc(N)n1)c1cccs1. The zero-order valence-electron chi connectivity index (χ0n) is 11.0. The molecule has 100 valence electrons. The Kier molecular flexibility index (Phi) is 3.85. The van der Waals surface area contributed by atoms with E-state index in [1.165, 1.54) is 4.88 Å². The van der Waals surface area contributed by atoms with Crippen LogP contribution in [-0.4, -0.2) is 17.4 Å². The molecule has 0 spiro atoms. The minimum Gasteiger partial charge on any atom is -0.384 e. The second kappa shape index (κ2) is 5.40. The fraction of sp³-hybridized carbons (Fsp3) is 0.286. The van der Waals surface area contributed by atoms with Gasteiger partial charge in [-0.2, -0.15) is 0 Å². The molecular weight excluding hydrogens is 258 g/mol. The van der Waals surface area contributed by atoms with Crippen LogP contribution in [0.1, 0.15) is 29.2 Å². The Balaban J connectivity index is 2.01. The van der Waals surface area contributed by atoms with Crippen LogP contribution >= 0.6 is 11.3 Å². The largest absolute Gasteiger partial charge is 0.384 e. The van der Waals surface area contributed by atoms with Crippen molar-refractivity contribution in [2.24, 2.45) is 0 Å². The van der Waals surface area contributed by atoms with Gasteiger partial charge >= 0.3 is 0 Å². The van der Waals surface area contributed by atoms with E-state index in [1.54, 1.807) is 29.5 Å². The molecule has 0 radical (unpaired) electrons. The van der Waals surface area contributed by atoms with Crippen molar-refractivity contribution in [3.05, 3.63) is 46.3 Å². The predicted octanol–water partition coefficient (Wildman–Crippen LogP) is 2.43. The molecule has 0 unspecified atom stereocenters. The highest BCUT2D eigenvalue weighted by atomic mass is 32.1. The van der Waals surface area contributed by atoms with Gasteiger partial charge in [-0.3, -0.25) is 4.79 Å². The number of aromatic nitrogens is 1. The minimum atomic E-state index is -0.197. The average Bonchev–Trinajstić information content (AvgIpc) is 2.90. The summed E-state index contributed by atoms with van der Waals surface area (Å²) in [6.45, 7) is 4.76. The number of anilines is 1. The molecular formula is C14H17N3OS. The number of carbonyl (C=O) groups excluding carboxylic acids is 1. The van der Waals surface area contributed by atoms with Crippen LogP contribution in [0.4, 0.5) is 5.82 Å². The molecule has 3 N–H and O–H groups in total. The number of hydrogen-bond donors (Lipinski definition) is 2. The molecule has 0 atom stereocenters. The Morgan fingerprint density at radius 3 is 2.79 bits per heavy atom. The van der Waals surface area contributed by atoms with Crippen molar-refractivity contribution < 1.29 is 4.79 Å². The molecule has 19 heavy (non-hydrogen) atoms. The van der Waals surface area contributed by atoms with Crippen molar-refractivity contribution >= 4 is 23.1 Å². The van der Waals surface area contributed by atoms with E-state index in [-0.39, 0.29) is 11.3 Å². The molecule has 4 nitrogen and oxygen atoms in total. The molecule has 1 amide bonds. The van der Waals surface area contributed by atoms with Gasteiger partial charge in [0.1, 0.15) is 11.5 Å². The first-order valence-electron chi connectivity index (χ1n) is 6.04. The fourth-order valence-electron chi connectivity index (χ4n) is 1.72. The lowest BCUT2D eigenvalue weighted by atomic mass is 9.91. The van der Waals surface area contributed by atoms with E-state index in [0.717, 1.165) is 0 Å². The van der Waals surface area contributed by atoms with E-state index in [4.69, 9.17) is 5.73 Å². The maximum absolute atomic E-state index is 12.0. The molecule has 0 fully saturated rings. The van der Waals surface area contributed by atoms with E-state index in [9.17, 15) is 4.79 Å². The number of nitrogen functional groups attached to an aromatic ring is 1. The molecule has 2 aromatic heterocycles. The minimum absolute atomic E-state index is 0.0931. The summed E-state index contributed by atoms with van der Waals surface area (Å²) in [5.41, 5.74) is 5.82. The van der Waals surface area contributed by atoms with Crippen molar-refractivity contribution in [1.82, 2.24) is 10.3 Å². The van der Waals surface area contributed by atoms with Gasteiger partial charge in [-0.25, -0.2) is 4.98 Å². The summed E-state index contributed by atoms with van der Waals surface area (Å²) in [6, 6.07) is 9.14. The van der Waals surface area contributed by atoms with E-state index in [2.05, 4.69) is 30.2 Å². The molecule has 0 aliphatic rings. The van der Waals surface area contributed by atoms with Crippen LogP contribution < -0.4 is 11.1 Å². The lowest BCUT2D eigenvalue weighted by molar-refractivity contribution is 0.0941. The highest BCUT2D eigenvalue weighted by Gasteiger charge is 2.22. The Labute approximate surface area is 116 Å². The third kappa shape index (κ3) is 3.32. The number of thiophene rings is 1. The van der Waals surface area contributed by atoms with Gasteiger partial charge in [0.25, 0.3) is 5.91 Å². The Bertz CT molecular complexity index is 564. The average molecular weight is 275 g/mol. The molecule has 0 saturated heterocycles. The van der Waals surface area contributed by atoms with Crippen LogP contribution in [0.3, 0.4) is 0 Å². The number of amides is 1. The molecule has 0 aliphatic heterocycles. The molecule has 0 saturated carbocycles. The summed E-state index contributed by atoms with van der Waals surface area (Å²) < 4.78 is 0. The molecule has 0 aromatic carbocycles. The van der Waals surface area contributed by atoms with Gasteiger partial charge in [0.05, 0.1) is 0 Å². The van der Waals surface area contributed by atoms with Gasteiger partial charge in [0.15, 0.2) is 0 Å². The predicted molar refractivity (Wildman–Crippen MR) is 78.3 cm³/mol. The lowest BCUT2D eigenvalue weighted by Crippen LogP contribution is -2.36. The van der Waals surface area contributed by atoms with Crippen LogP contribution in [0, 0.1) is 0 Å². The highest BCUT2D eigenvalue weighted by Crippen LogP contribution is 2.26. The van der Waals surface area contributed by atoms with Crippen LogP contribution in [0.5, 0.6) is 0 Å². The van der Waals surface area contributed by atoms with Crippen LogP contribution in [0.15, 0.2) is 35.7 Å². The third-order valence-corrected chi connectivity index (χ3v) is 4.12. The molecule has 0 aliphatic carbocycles. The van der Waals surface area contributed by atoms with E-state index >= 15 is 0 Å². The zero-order chi connectivity index (χ0) is 13.9. The second-order valence-corrected chi connectivity index (χ2v) is 5.94. The van der Waals surface area contributed by atoms with Gasteiger partial charge in [-0.05, 0) is 23.6 Å². The van der Waals surface area contributed by atoms with Crippen LogP contribution in [0.2, 0.25) is 0 Å². The van der Waals surface area contributed by atoms with Crippen molar-refractivity contribution in [2.45, 2.75) is 19.3 Å². The quantitative estimate of drug-likeness (QED) is 0.900. The Hall–Kier alpha value is -1.88. The van der Waals surface area contributed by atoms with Crippen LogP contribution in [-0.2, 0) is 5.41 Å². The Morgan fingerprint density at radius 1 is 1.37 bits per heavy atom. The molecule has 2 heterocycles. The maximum atomic E-state index is 12.0. The van der Waals surface area contributed by atoms with Crippen molar-refractivity contribution in [2.75, 3.05) is 12.3 Å². The fourth-order valence-corrected chi connectivity index (χ4v) is 2.57. The summed E-state index contributed by atoms with van der Waals surface area (Å²) in [5.74, 6) is 0.155. The first-order chi connectivity index (χ1) is 8.99. The second-order valence-electron chi connectivity index (χ2n) is 4.99. The third-order valence-electron chi connectivity index (χ3n) is 2.88. The summed E-state index contributed by atoms with van der Waals surface area (Å²) >= 11 is 1.69. The van der Waals surface area contributed by atoms with E-state index in [1.807, 2.05) is 11.4 Å². The maximum Gasteiger partial charge on any atom is 0.269 e. The molecule has 0 bridgehead atoms. The normalized spacial score (nSPS) is 11.3. The summed E-state index contributed by atoms with van der Waals surface area (Å²) in [7, 11) is 0. The zero-order valence-corrected chi connectivity index (χ0v) is 11.8. The first kappa shape index (κ1) is 13.5. The molecule has 2 aromatic rings. The number of carbonyl (C=O) groups is 1. The summed E-state index contributed by atoms with van der Waals surface area (Å²) in [5, 5.41) is 4.94. The molecule has 5 heteroatoms. The standard InChI is InChI=1S/C14H17N3OS/c1-14(2,11-6-4-8-19-11)9-16-13(18)10-5-3-7-12(15)17-10/h3-8H,9H2,1-2H3,(H2,15,17)(H,16,18). The number of hydrogen-bond acceptors (Lipinski definition) is 4. The lowest BCUT2D eigenvalue weighted by Gasteiger charge is -2.23. The van der Waals surface area contributed by atoms with Crippen molar-refractivity contribution in [3.8, 4) is 0 Å². The number of pyridine rings is 1. The molecule has 2 rings (SSSR count). The van der Waals surface area contributed by atoms with Gasteiger partial charge < -0.3 is 11.1 Å². The van der Waals surface area contributed by atoms with E-state index < -0.39 is 0 Å². The number of nitrogens with one attached hydrogen (secondary N) is 1. The topological polar surface area (TPSA) is 68.0 Å². The Morgan fingerprint density at radius 2 is 2.16 bits per heavy atom. The summed E-state index contributed by atoms with van der Waals surface area (Å²) in [4.78, 5) is 17.2.